The molecule has 0 aliphatic heterocycles. The highest BCUT2D eigenvalue weighted by Gasteiger charge is 2.49. The van der Waals surface area contributed by atoms with Gasteiger partial charge in [0.15, 0.2) is 0 Å². The van der Waals surface area contributed by atoms with Crippen molar-refractivity contribution in [1.29, 1.82) is 0 Å². The molecule has 0 spiro atoms. The molecule has 3 aliphatic carbocycles. The van der Waals surface area contributed by atoms with Crippen LogP contribution in [-0.4, -0.2) is 33.1 Å². The molecular formula is C27H42O3. The summed E-state index contributed by atoms with van der Waals surface area (Å²) < 4.78 is 0. The van der Waals surface area contributed by atoms with Gasteiger partial charge in [0.1, 0.15) is 0 Å². The molecule has 0 aromatic rings. The predicted molar refractivity (Wildman–Crippen MR) is 124 cm³/mol. The molecule has 3 fully saturated rings. The number of rotatable bonds is 6. The zero-order valence-electron chi connectivity index (χ0n) is 19.3. The van der Waals surface area contributed by atoms with Crippen molar-refractivity contribution >= 4 is 0 Å². The van der Waals surface area contributed by atoms with E-state index in [1.807, 2.05) is 13.8 Å². The zero-order chi connectivity index (χ0) is 22.1. The van der Waals surface area contributed by atoms with Crippen LogP contribution in [0, 0.1) is 17.3 Å². The topological polar surface area (TPSA) is 60.7 Å². The summed E-state index contributed by atoms with van der Waals surface area (Å²) in [6.07, 6.45) is 13.3. The van der Waals surface area contributed by atoms with Gasteiger partial charge in [-0.05, 0) is 101 Å². The molecule has 3 nitrogen and oxygen atoms in total. The molecule has 168 valence electrons. The van der Waals surface area contributed by atoms with Gasteiger partial charge in [0.25, 0.3) is 0 Å². The van der Waals surface area contributed by atoms with E-state index in [1.54, 1.807) is 0 Å². The van der Waals surface area contributed by atoms with Gasteiger partial charge in [-0.1, -0.05) is 49.0 Å². The maximum atomic E-state index is 10.1. The van der Waals surface area contributed by atoms with Crippen molar-refractivity contribution in [2.24, 2.45) is 17.3 Å². The molecule has 0 saturated heterocycles. The Hall–Kier alpha value is -1.16. The van der Waals surface area contributed by atoms with Crippen LogP contribution in [0.4, 0.5) is 0 Å². The average molecular weight is 415 g/mol. The van der Waals surface area contributed by atoms with Gasteiger partial charge in [-0.25, -0.2) is 0 Å². The van der Waals surface area contributed by atoms with Crippen LogP contribution in [0.5, 0.6) is 0 Å². The monoisotopic (exact) mass is 414 g/mol. The first-order chi connectivity index (χ1) is 14.0. The van der Waals surface area contributed by atoms with Crippen LogP contribution in [-0.2, 0) is 0 Å². The quantitative estimate of drug-likeness (QED) is 0.494. The van der Waals surface area contributed by atoms with Crippen molar-refractivity contribution in [2.75, 3.05) is 0 Å². The highest BCUT2D eigenvalue weighted by Crippen LogP contribution is 2.59. The van der Waals surface area contributed by atoms with Crippen LogP contribution in [0.25, 0.3) is 0 Å². The van der Waals surface area contributed by atoms with Crippen molar-refractivity contribution in [3.8, 4) is 0 Å². The molecule has 0 unspecified atom stereocenters. The number of aliphatic hydroxyl groups is 3. The first kappa shape index (κ1) is 23.5. The van der Waals surface area contributed by atoms with E-state index in [4.69, 9.17) is 0 Å². The van der Waals surface area contributed by atoms with Crippen molar-refractivity contribution in [3.63, 3.8) is 0 Å². The molecule has 3 rings (SSSR count). The highest BCUT2D eigenvalue weighted by molar-refractivity contribution is 5.30. The fraction of sp³-hybridized carbons (Fsp3) is 0.704. The summed E-state index contributed by atoms with van der Waals surface area (Å²) in [5, 5.41) is 30.2. The lowest BCUT2D eigenvalue weighted by Gasteiger charge is -2.43. The number of hydrogen-bond acceptors (Lipinski definition) is 3. The molecular weight excluding hydrogens is 372 g/mol. The van der Waals surface area contributed by atoms with Gasteiger partial charge in [0.05, 0.1) is 17.8 Å². The molecule has 0 aromatic carbocycles. The van der Waals surface area contributed by atoms with E-state index in [0.717, 1.165) is 31.3 Å². The molecule has 0 aromatic heterocycles. The Morgan fingerprint density at radius 3 is 2.47 bits per heavy atom. The molecule has 0 heterocycles. The number of hydrogen-bond donors (Lipinski definition) is 3. The summed E-state index contributed by atoms with van der Waals surface area (Å²) in [5.74, 6) is 1.18. The van der Waals surface area contributed by atoms with Crippen LogP contribution in [0.15, 0.2) is 47.6 Å². The number of fused-ring (bicyclic) bond motifs is 1. The van der Waals surface area contributed by atoms with Crippen LogP contribution < -0.4 is 0 Å². The maximum Gasteiger partial charge on any atom is 0.0809 e. The Balaban J connectivity index is 1.68. The van der Waals surface area contributed by atoms with Gasteiger partial charge < -0.3 is 15.3 Å². The summed E-state index contributed by atoms with van der Waals surface area (Å²) in [4.78, 5) is 0. The van der Waals surface area contributed by atoms with E-state index >= 15 is 0 Å². The van der Waals surface area contributed by atoms with Crippen molar-refractivity contribution in [3.05, 3.63) is 47.6 Å². The zero-order valence-corrected chi connectivity index (χ0v) is 19.3. The van der Waals surface area contributed by atoms with Crippen molar-refractivity contribution in [1.82, 2.24) is 0 Å². The lowest BCUT2D eigenvalue weighted by atomic mass is 9.62. The van der Waals surface area contributed by atoms with Gasteiger partial charge in [0, 0.05) is 0 Å². The van der Waals surface area contributed by atoms with Gasteiger partial charge in [-0.2, -0.15) is 0 Å². The van der Waals surface area contributed by atoms with E-state index in [2.05, 4.69) is 32.2 Å². The number of allylic oxidation sites excluding steroid dienone is 4. The standard InChI is InChI=1S/C27H42O3/c1-18(8-6-14-26(3,4)30)22-12-13-23-21(9-7-15-27(22,23)5)11-10-20-16-24(28)19(2)25(29)17-20/h10-11,22-25,28-30H,1-2,6-9,12-17H2,3-5H3/b21-11-/t22-,23+,24-,25-,27-/m1/s1. The van der Waals surface area contributed by atoms with Gasteiger partial charge >= 0.3 is 0 Å². The Bertz CT molecular complexity index is 707. The number of aliphatic hydroxyl groups excluding tert-OH is 2. The predicted octanol–water partition coefficient (Wildman–Crippen LogP) is 5.62. The summed E-state index contributed by atoms with van der Waals surface area (Å²) in [6, 6.07) is 0. The van der Waals surface area contributed by atoms with E-state index in [1.165, 1.54) is 36.8 Å². The molecule has 0 amide bonds. The van der Waals surface area contributed by atoms with Crippen LogP contribution in [0.1, 0.15) is 85.0 Å². The van der Waals surface area contributed by atoms with Gasteiger partial charge in [0.2, 0.25) is 0 Å². The maximum absolute atomic E-state index is 10.1. The van der Waals surface area contributed by atoms with Gasteiger partial charge in [-0.15, -0.1) is 0 Å². The minimum absolute atomic E-state index is 0.286. The second kappa shape index (κ2) is 9.14. The van der Waals surface area contributed by atoms with Crippen LogP contribution in [0.2, 0.25) is 0 Å². The molecule has 3 aliphatic rings. The molecule has 0 bridgehead atoms. The molecule has 5 atom stereocenters. The fourth-order valence-electron chi connectivity index (χ4n) is 6.26. The third-order valence-electron chi connectivity index (χ3n) is 8.04. The van der Waals surface area contributed by atoms with Gasteiger partial charge in [-0.3, -0.25) is 0 Å². The normalized spacial score (nSPS) is 36.1. The second-order valence-electron chi connectivity index (χ2n) is 10.9. The Labute approximate surface area is 183 Å². The minimum Gasteiger partial charge on any atom is -0.390 e. The lowest BCUT2D eigenvalue weighted by Crippen LogP contribution is -2.34. The summed E-state index contributed by atoms with van der Waals surface area (Å²) >= 11 is 0. The highest BCUT2D eigenvalue weighted by atomic mass is 16.3. The smallest absolute Gasteiger partial charge is 0.0809 e. The third-order valence-corrected chi connectivity index (χ3v) is 8.04. The molecule has 3 heteroatoms. The summed E-state index contributed by atoms with van der Waals surface area (Å²) in [7, 11) is 0. The van der Waals surface area contributed by atoms with Crippen molar-refractivity contribution in [2.45, 2.75) is 103 Å². The fourth-order valence-corrected chi connectivity index (χ4v) is 6.26. The average Bonchev–Trinajstić information content (AvgIpc) is 3.00. The van der Waals surface area contributed by atoms with E-state index in [-0.39, 0.29) is 5.41 Å². The molecule has 30 heavy (non-hydrogen) atoms. The lowest BCUT2D eigenvalue weighted by molar-refractivity contribution is 0.0683. The van der Waals surface area contributed by atoms with Crippen LogP contribution >= 0.6 is 0 Å². The molecule has 3 N–H and O–H groups in total. The minimum atomic E-state index is -0.627. The SMILES string of the molecule is C=C1[C@H](O)CC(=C/C=C2/CCC[C@]3(C)[C@@H](C(=C)CCCC(C)(C)O)CC[C@@H]23)C[C@H]1O. The third kappa shape index (κ3) is 5.18. The molecule has 3 saturated carbocycles. The van der Waals surface area contributed by atoms with E-state index in [9.17, 15) is 15.3 Å². The Kier molecular flexibility index (Phi) is 7.16. The van der Waals surface area contributed by atoms with E-state index in [0.29, 0.717) is 30.3 Å². The first-order valence-electron chi connectivity index (χ1n) is 11.8. The summed E-state index contributed by atoms with van der Waals surface area (Å²) in [5.41, 5.74) is 4.27. The van der Waals surface area contributed by atoms with E-state index < -0.39 is 17.8 Å². The first-order valence-corrected chi connectivity index (χ1v) is 11.8. The summed E-state index contributed by atoms with van der Waals surface area (Å²) in [6.45, 7) is 14.5. The largest absolute Gasteiger partial charge is 0.390 e. The van der Waals surface area contributed by atoms with Crippen molar-refractivity contribution < 1.29 is 15.3 Å². The van der Waals surface area contributed by atoms with Crippen LogP contribution in [0.3, 0.4) is 0 Å². The second-order valence-corrected chi connectivity index (χ2v) is 10.9. The Morgan fingerprint density at radius 2 is 1.83 bits per heavy atom. The molecule has 0 radical (unpaired) electrons. The Morgan fingerprint density at radius 1 is 1.17 bits per heavy atom.